The number of hydrogen-bond donors (Lipinski definition) is 1. The van der Waals surface area contributed by atoms with Gasteiger partial charge in [-0.2, -0.15) is 0 Å². The molecular weight excluding hydrogens is 368 g/mol. The zero-order valence-electron chi connectivity index (χ0n) is 12.3. The summed E-state index contributed by atoms with van der Waals surface area (Å²) in [6, 6.07) is 10.5. The highest BCUT2D eigenvalue weighted by Crippen LogP contribution is 2.25. The average Bonchev–Trinajstić information content (AvgIpc) is 2.86. The maximum Gasteiger partial charge on any atom is 0.0453 e. The van der Waals surface area contributed by atoms with Crippen molar-refractivity contribution in [2.45, 2.75) is 19.0 Å². The Morgan fingerprint density at radius 3 is 2.76 bits per heavy atom. The fraction of sp³-hybridized carbons (Fsp3) is 0.375. The molecule has 0 aliphatic carbocycles. The summed E-state index contributed by atoms with van der Waals surface area (Å²) >= 11 is 11.6. The molecule has 21 heavy (non-hydrogen) atoms. The number of halogens is 2. The van der Waals surface area contributed by atoms with Crippen LogP contribution in [-0.2, 0) is 6.54 Å². The molecule has 1 aromatic heterocycles. The third-order valence-electron chi connectivity index (χ3n) is 3.48. The molecule has 0 fully saturated rings. The van der Waals surface area contributed by atoms with E-state index in [2.05, 4.69) is 50.7 Å². The Bertz CT molecular complexity index is 573. The molecule has 1 atom stereocenters. The van der Waals surface area contributed by atoms with Gasteiger partial charge in [-0.3, -0.25) is 0 Å². The minimum atomic E-state index is 0.288. The lowest BCUT2D eigenvalue weighted by Crippen LogP contribution is -2.25. The molecule has 1 aromatic carbocycles. The molecule has 0 bridgehead atoms. The minimum absolute atomic E-state index is 0.288. The highest BCUT2D eigenvalue weighted by atomic mass is 79.9. The lowest BCUT2D eigenvalue weighted by molar-refractivity contribution is 0.306. The van der Waals surface area contributed by atoms with Gasteiger partial charge in [0.1, 0.15) is 0 Å². The Balaban J connectivity index is 1.89. The largest absolute Gasteiger partial charge is 0.313 e. The molecule has 114 valence electrons. The topological polar surface area (TPSA) is 15.3 Å². The molecule has 0 saturated heterocycles. The molecule has 2 aromatic rings. The van der Waals surface area contributed by atoms with Crippen LogP contribution < -0.4 is 5.32 Å². The molecule has 5 heteroatoms. The Hall–Kier alpha value is -0.390. The quantitative estimate of drug-likeness (QED) is 0.723. The van der Waals surface area contributed by atoms with E-state index in [9.17, 15) is 0 Å². The van der Waals surface area contributed by atoms with Gasteiger partial charge in [0.25, 0.3) is 0 Å². The third kappa shape index (κ3) is 5.08. The molecule has 0 radical (unpaired) electrons. The van der Waals surface area contributed by atoms with E-state index >= 15 is 0 Å². The van der Waals surface area contributed by atoms with Crippen LogP contribution in [0.4, 0.5) is 0 Å². The smallest absolute Gasteiger partial charge is 0.0453 e. The van der Waals surface area contributed by atoms with Crippen molar-refractivity contribution in [1.82, 2.24) is 10.2 Å². The Morgan fingerprint density at radius 1 is 1.38 bits per heavy atom. The highest BCUT2D eigenvalue weighted by Gasteiger charge is 2.13. The van der Waals surface area contributed by atoms with Crippen molar-refractivity contribution in [3.63, 3.8) is 0 Å². The second-order valence-electron chi connectivity index (χ2n) is 5.12. The van der Waals surface area contributed by atoms with Crippen LogP contribution in [-0.4, -0.2) is 25.5 Å². The first-order chi connectivity index (χ1) is 10.1. The summed E-state index contributed by atoms with van der Waals surface area (Å²) in [6.07, 6.45) is 1.03. The number of rotatable bonds is 7. The lowest BCUT2D eigenvalue weighted by Gasteiger charge is -2.22. The van der Waals surface area contributed by atoms with Gasteiger partial charge in [-0.25, -0.2) is 0 Å². The molecule has 2 rings (SSSR count). The summed E-state index contributed by atoms with van der Waals surface area (Å²) in [5.41, 5.74) is 1.17. The second kappa shape index (κ2) is 8.30. The number of nitrogens with zero attached hydrogens (tertiary/aromatic N) is 1. The van der Waals surface area contributed by atoms with E-state index in [0.717, 1.165) is 24.5 Å². The number of nitrogens with one attached hydrogen (secondary N) is 1. The molecule has 0 amide bonds. The van der Waals surface area contributed by atoms with Crippen LogP contribution in [0.25, 0.3) is 0 Å². The minimum Gasteiger partial charge on any atom is -0.313 e. The van der Waals surface area contributed by atoms with Gasteiger partial charge in [-0.05, 0) is 54.1 Å². The van der Waals surface area contributed by atoms with Gasteiger partial charge < -0.3 is 10.2 Å². The predicted octanol–water partition coefficient (Wildman–Crippen LogP) is 4.95. The van der Waals surface area contributed by atoms with Gasteiger partial charge in [-0.15, -0.1) is 11.3 Å². The Kier molecular flexibility index (Phi) is 6.71. The van der Waals surface area contributed by atoms with E-state index in [4.69, 9.17) is 11.6 Å². The third-order valence-corrected chi connectivity index (χ3v) is 5.50. The van der Waals surface area contributed by atoms with Crippen molar-refractivity contribution in [2.75, 3.05) is 20.6 Å². The van der Waals surface area contributed by atoms with Crippen LogP contribution in [0.2, 0.25) is 5.02 Å². The zero-order valence-corrected chi connectivity index (χ0v) is 15.4. The highest BCUT2D eigenvalue weighted by molar-refractivity contribution is 9.10. The molecule has 0 aliphatic rings. The summed E-state index contributed by atoms with van der Waals surface area (Å²) in [5.74, 6) is 0. The van der Waals surface area contributed by atoms with Gasteiger partial charge >= 0.3 is 0 Å². The normalized spacial score (nSPS) is 12.8. The Labute approximate surface area is 144 Å². The van der Waals surface area contributed by atoms with Crippen LogP contribution >= 0.6 is 38.9 Å². The van der Waals surface area contributed by atoms with Crippen LogP contribution in [0.1, 0.15) is 22.9 Å². The Morgan fingerprint density at radius 2 is 2.14 bits per heavy atom. The SMILES string of the molecule is CNC(CCN(C)Cc1cc(Br)cs1)c1ccccc1Cl. The van der Waals surface area contributed by atoms with E-state index in [-0.39, 0.29) is 6.04 Å². The van der Waals surface area contributed by atoms with E-state index in [1.165, 1.54) is 14.9 Å². The maximum absolute atomic E-state index is 6.29. The fourth-order valence-corrected chi connectivity index (χ4v) is 4.14. The molecule has 0 aliphatic heterocycles. The first-order valence-corrected chi connectivity index (χ1v) is 8.98. The van der Waals surface area contributed by atoms with E-state index < -0.39 is 0 Å². The molecule has 2 nitrogen and oxygen atoms in total. The number of thiophene rings is 1. The van der Waals surface area contributed by atoms with E-state index in [1.54, 1.807) is 11.3 Å². The van der Waals surface area contributed by atoms with Crippen LogP contribution in [0, 0.1) is 0 Å². The molecule has 1 unspecified atom stereocenters. The van der Waals surface area contributed by atoms with Crippen molar-refractivity contribution in [3.8, 4) is 0 Å². The molecule has 0 spiro atoms. The van der Waals surface area contributed by atoms with Gasteiger partial charge in [0.05, 0.1) is 0 Å². The van der Waals surface area contributed by atoms with Crippen LogP contribution in [0.15, 0.2) is 40.2 Å². The van der Waals surface area contributed by atoms with Crippen molar-refractivity contribution in [2.24, 2.45) is 0 Å². The zero-order chi connectivity index (χ0) is 15.2. The van der Waals surface area contributed by atoms with Gasteiger partial charge in [0, 0.05) is 38.9 Å². The first-order valence-electron chi connectivity index (χ1n) is 6.93. The summed E-state index contributed by atoms with van der Waals surface area (Å²) in [7, 11) is 4.15. The van der Waals surface area contributed by atoms with E-state index in [1.807, 2.05) is 25.2 Å². The summed E-state index contributed by atoms with van der Waals surface area (Å²) < 4.78 is 1.17. The van der Waals surface area contributed by atoms with Crippen LogP contribution in [0.3, 0.4) is 0 Å². The van der Waals surface area contributed by atoms with Crippen LogP contribution in [0.5, 0.6) is 0 Å². The van der Waals surface area contributed by atoms with Crippen molar-refractivity contribution in [1.29, 1.82) is 0 Å². The van der Waals surface area contributed by atoms with Gasteiger partial charge in [0.15, 0.2) is 0 Å². The van der Waals surface area contributed by atoms with Crippen molar-refractivity contribution in [3.05, 3.63) is 55.6 Å². The maximum atomic E-state index is 6.29. The summed E-state index contributed by atoms with van der Waals surface area (Å²) in [4.78, 5) is 3.72. The molecule has 1 N–H and O–H groups in total. The average molecular weight is 388 g/mol. The predicted molar refractivity (Wildman–Crippen MR) is 96.2 cm³/mol. The molecular formula is C16H20BrClN2S. The van der Waals surface area contributed by atoms with E-state index in [0.29, 0.717) is 0 Å². The van der Waals surface area contributed by atoms with Gasteiger partial charge in [0.2, 0.25) is 0 Å². The summed E-state index contributed by atoms with van der Waals surface area (Å²) in [6.45, 7) is 2.00. The number of hydrogen-bond acceptors (Lipinski definition) is 3. The summed E-state index contributed by atoms with van der Waals surface area (Å²) in [5, 5.41) is 6.33. The lowest BCUT2D eigenvalue weighted by atomic mass is 10.0. The standard InChI is InChI=1S/C16H20BrClN2S/c1-19-16(14-5-3-4-6-15(14)18)7-8-20(2)10-13-9-12(17)11-21-13/h3-6,9,11,16,19H,7-8,10H2,1-2H3. The van der Waals surface area contributed by atoms with Crippen molar-refractivity contribution >= 4 is 38.9 Å². The van der Waals surface area contributed by atoms with Gasteiger partial charge in [-0.1, -0.05) is 29.8 Å². The first kappa shape index (κ1) is 17.0. The van der Waals surface area contributed by atoms with Crippen molar-refractivity contribution < 1.29 is 0 Å². The molecule has 1 heterocycles. The molecule has 0 saturated carbocycles. The fourth-order valence-electron chi connectivity index (χ4n) is 2.34. The number of benzene rings is 1. The monoisotopic (exact) mass is 386 g/mol. The second-order valence-corrected chi connectivity index (χ2v) is 7.44.